The van der Waals surface area contributed by atoms with E-state index in [2.05, 4.69) is 50.4 Å². The lowest BCUT2D eigenvalue weighted by Gasteiger charge is -2.41. The highest BCUT2D eigenvalue weighted by Gasteiger charge is 2.47. The molecule has 0 bridgehead atoms. The molecular formula is C66H123NO10. The Bertz CT molecular complexity index is 1390. The van der Waals surface area contributed by atoms with Crippen molar-refractivity contribution in [3.63, 3.8) is 0 Å². The summed E-state index contributed by atoms with van der Waals surface area (Å²) in [5, 5.41) is 57.0. The maximum Gasteiger partial charge on any atom is 0.306 e. The first kappa shape index (κ1) is 72.9. The molecule has 0 aromatic rings. The summed E-state index contributed by atoms with van der Waals surface area (Å²) in [6.07, 6.45) is 54.7. The summed E-state index contributed by atoms with van der Waals surface area (Å²) >= 11 is 0. The molecule has 1 aliphatic rings. The first-order valence-corrected chi connectivity index (χ1v) is 32.8. The Morgan fingerprint density at radius 1 is 0.506 bits per heavy atom. The van der Waals surface area contributed by atoms with Gasteiger partial charge in [-0.05, 0) is 57.8 Å². The number of carbonyl (C=O) groups excluding carboxylic acids is 2. The highest BCUT2D eigenvalue weighted by Crippen LogP contribution is 2.26. The summed E-state index contributed by atoms with van der Waals surface area (Å²) in [5.41, 5.74) is 0. The van der Waals surface area contributed by atoms with Crippen LogP contribution in [0.3, 0.4) is 0 Å². The lowest BCUT2D eigenvalue weighted by Crippen LogP contribution is -2.61. The van der Waals surface area contributed by atoms with Crippen molar-refractivity contribution in [2.24, 2.45) is 0 Å². The van der Waals surface area contributed by atoms with Crippen molar-refractivity contribution in [2.45, 2.75) is 359 Å². The van der Waals surface area contributed by atoms with Crippen molar-refractivity contribution in [3.05, 3.63) is 36.5 Å². The summed E-state index contributed by atoms with van der Waals surface area (Å²) in [7, 11) is 0. The molecule has 1 rings (SSSR count). The molecule has 8 unspecified atom stereocenters. The van der Waals surface area contributed by atoms with Crippen LogP contribution in [-0.2, 0) is 23.8 Å². The van der Waals surface area contributed by atoms with E-state index in [-0.39, 0.29) is 19.4 Å². The highest BCUT2D eigenvalue weighted by molar-refractivity contribution is 5.80. The van der Waals surface area contributed by atoms with Crippen molar-refractivity contribution in [3.8, 4) is 0 Å². The van der Waals surface area contributed by atoms with Crippen molar-refractivity contribution >= 4 is 11.9 Å². The van der Waals surface area contributed by atoms with Gasteiger partial charge in [0.05, 0.1) is 25.4 Å². The molecule has 11 nitrogen and oxygen atoms in total. The van der Waals surface area contributed by atoms with E-state index in [4.69, 9.17) is 14.2 Å². The number of aliphatic hydroxyl groups is 5. The zero-order valence-electron chi connectivity index (χ0n) is 50.1. The number of unbranched alkanes of at least 4 members (excludes halogenated alkanes) is 38. The van der Waals surface area contributed by atoms with Crippen molar-refractivity contribution < 1.29 is 49.3 Å². The van der Waals surface area contributed by atoms with E-state index in [1.807, 2.05) is 6.08 Å². The monoisotopic (exact) mass is 1090 g/mol. The van der Waals surface area contributed by atoms with Gasteiger partial charge in [0.25, 0.3) is 0 Å². The Balaban J connectivity index is 2.62. The van der Waals surface area contributed by atoms with Crippen LogP contribution in [0, 0.1) is 0 Å². The molecule has 1 aliphatic heterocycles. The third kappa shape index (κ3) is 42.4. The fourth-order valence-electron chi connectivity index (χ4n) is 10.3. The Hall–Kier alpha value is -2.12. The Morgan fingerprint density at radius 3 is 1.35 bits per heavy atom. The maximum absolute atomic E-state index is 13.4. The number of aliphatic hydroxyl groups excluding tert-OH is 5. The second-order valence-corrected chi connectivity index (χ2v) is 22.9. The second kappa shape index (κ2) is 54.5. The molecule has 11 heteroatoms. The summed E-state index contributed by atoms with van der Waals surface area (Å²) in [5.74, 6) is -1.19. The number of hydrogen-bond acceptors (Lipinski definition) is 10. The minimum absolute atomic E-state index is 0.128. The van der Waals surface area contributed by atoms with Gasteiger partial charge in [0.1, 0.15) is 24.4 Å². The van der Waals surface area contributed by atoms with Crippen LogP contribution in [0.4, 0.5) is 0 Å². The first-order valence-electron chi connectivity index (χ1n) is 32.8. The number of amides is 1. The zero-order valence-corrected chi connectivity index (χ0v) is 50.1. The van der Waals surface area contributed by atoms with Crippen molar-refractivity contribution in [2.75, 3.05) is 13.2 Å². The van der Waals surface area contributed by atoms with Gasteiger partial charge < -0.3 is 45.1 Å². The SMILES string of the molecule is CCCCC/C=C\C/C=C\CCCCCCCCCCC(O)C(=O)NC(COC1OC(CO)C(O)C(O)C1OC(=O)CCCCCCCCCCCCCCCCCCCCC)C(O)/C=C/CCCCCCCCCCC. The van der Waals surface area contributed by atoms with Crippen molar-refractivity contribution in [1.82, 2.24) is 5.32 Å². The molecule has 6 N–H and O–H groups in total. The predicted molar refractivity (Wildman–Crippen MR) is 320 cm³/mol. The maximum atomic E-state index is 13.4. The molecule has 1 saturated heterocycles. The molecule has 0 saturated carbocycles. The molecule has 0 aromatic carbocycles. The molecule has 0 radical (unpaired) electrons. The van der Waals surface area contributed by atoms with Crippen LogP contribution >= 0.6 is 0 Å². The van der Waals surface area contributed by atoms with Gasteiger partial charge in [-0.2, -0.15) is 0 Å². The van der Waals surface area contributed by atoms with E-state index in [9.17, 15) is 35.1 Å². The van der Waals surface area contributed by atoms with Gasteiger partial charge in [0.2, 0.25) is 5.91 Å². The lowest BCUT2D eigenvalue weighted by molar-refractivity contribution is -0.305. The van der Waals surface area contributed by atoms with E-state index in [0.29, 0.717) is 12.8 Å². The van der Waals surface area contributed by atoms with E-state index in [1.165, 1.54) is 193 Å². The van der Waals surface area contributed by atoms with Crippen LogP contribution < -0.4 is 5.32 Å². The van der Waals surface area contributed by atoms with Crippen LogP contribution in [-0.4, -0.2) is 99.6 Å². The average molecular weight is 1090 g/mol. The third-order valence-corrected chi connectivity index (χ3v) is 15.5. The molecule has 8 atom stereocenters. The minimum atomic E-state index is -1.61. The van der Waals surface area contributed by atoms with Crippen LogP contribution in [0.1, 0.15) is 310 Å². The molecule has 77 heavy (non-hydrogen) atoms. The largest absolute Gasteiger partial charge is 0.454 e. The molecule has 1 heterocycles. The number of rotatable bonds is 56. The fraction of sp³-hybridized carbons (Fsp3) is 0.879. The number of hydrogen-bond donors (Lipinski definition) is 6. The standard InChI is InChI=1S/C66H123NO10/c1-4-7-10-13-16-19-22-24-26-28-30-32-34-36-39-42-45-48-51-54-61(71)77-64-63(73)62(72)60(55-68)76-66(64)75-56-57(58(69)52-49-46-43-40-37-21-18-15-12-9-6-3)67-65(74)59(70)53-50-47-44-41-38-35-33-31-29-27-25-23-20-17-14-11-8-5-2/h17,20,25,27,49,52,57-60,62-64,66,68-70,72-73H,4-16,18-19,21-24,26,28-48,50-51,53-56H2,1-3H3,(H,67,74)/b20-17-,27-25-,52-49+. The van der Waals surface area contributed by atoms with E-state index >= 15 is 0 Å². The van der Waals surface area contributed by atoms with E-state index in [0.717, 1.165) is 70.6 Å². The van der Waals surface area contributed by atoms with Gasteiger partial charge >= 0.3 is 5.97 Å². The van der Waals surface area contributed by atoms with Gasteiger partial charge in [-0.3, -0.25) is 9.59 Å². The van der Waals surface area contributed by atoms with E-state index < -0.39 is 67.4 Å². The fourth-order valence-corrected chi connectivity index (χ4v) is 10.3. The number of allylic oxidation sites excluding steroid dienone is 5. The van der Waals surface area contributed by atoms with Gasteiger partial charge in [-0.25, -0.2) is 0 Å². The van der Waals surface area contributed by atoms with Crippen LogP contribution in [0.25, 0.3) is 0 Å². The first-order chi connectivity index (χ1) is 37.7. The molecule has 1 fully saturated rings. The Labute approximate surface area is 473 Å². The summed E-state index contributed by atoms with van der Waals surface area (Å²) in [6.45, 7) is 5.79. The number of esters is 1. The highest BCUT2D eigenvalue weighted by atomic mass is 16.7. The summed E-state index contributed by atoms with van der Waals surface area (Å²) in [6, 6.07) is -1.02. The average Bonchev–Trinajstić information content (AvgIpc) is 3.43. The topological polar surface area (TPSA) is 175 Å². The number of ether oxygens (including phenoxy) is 3. The van der Waals surface area contributed by atoms with Crippen LogP contribution in [0.5, 0.6) is 0 Å². The Morgan fingerprint density at radius 2 is 0.896 bits per heavy atom. The lowest BCUT2D eigenvalue weighted by atomic mass is 9.99. The molecule has 0 spiro atoms. The molecule has 0 aromatic heterocycles. The summed E-state index contributed by atoms with van der Waals surface area (Å²) < 4.78 is 17.6. The number of carbonyl (C=O) groups is 2. The smallest absolute Gasteiger partial charge is 0.306 e. The van der Waals surface area contributed by atoms with Gasteiger partial charge in [0, 0.05) is 6.42 Å². The van der Waals surface area contributed by atoms with Crippen LogP contribution in [0.2, 0.25) is 0 Å². The van der Waals surface area contributed by atoms with Gasteiger partial charge in [-0.15, -0.1) is 0 Å². The number of nitrogens with one attached hydrogen (secondary N) is 1. The zero-order chi connectivity index (χ0) is 56.1. The molecule has 452 valence electrons. The van der Waals surface area contributed by atoms with E-state index in [1.54, 1.807) is 6.08 Å². The molecule has 0 aliphatic carbocycles. The van der Waals surface area contributed by atoms with Gasteiger partial charge in [0.15, 0.2) is 12.4 Å². The molecule has 1 amide bonds. The third-order valence-electron chi connectivity index (χ3n) is 15.5. The van der Waals surface area contributed by atoms with Crippen LogP contribution in [0.15, 0.2) is 36.5 Å². The predicted octanol–water partition coefficient (Wildman–Crippen LogP) is 15.8. The summed E-state index contributed by atoms with van der Waals surface area (Å²) in [4.78, 5) is 26.6. The minimum Gasteiger partial charge on any atom is -0.454 e. The molecular weight excluding hydrogens is 967 g/mol. The quantitative estimate of drug-likeness (QED) is 0.0195. The van der Waals surface area contributed by atoms with Crippen molar-refractivity contribution in [1.29, 1.82) is 0 Å². The Kier molecular flexibility index (Phi) is 51.6. The second-order valence-electron chi connectivity index (χ2n) is 22.9. The normalized spacial score (nSPS) is 19.2. The van der Waals surface area contributed by atoms with Gasteiger partial charge in [-0.1, -0.05) is 282 Å².